The quantitative estimate of drug-likeness (QED) is 0.604. The summed E-state index contributed by atoms with van der Waals surface area (Å²) in [5.74, 6) is -0.630. The summed E-state index contributed by atoms with van der Waals surface area (Å²) in [6.07, 6.45) is 0. The standard InChI is InChI=1S/C16H12N6O3/c1-8-6-12-17-18-13(9(2)22(12)21-8)15-20-19-14(25-15)10-4-3-5-11(7-10)16(23)24/h3-7H,1-2H3,(H,23,24). The Morgan fingerprint density at radius 2 is 1.88 bits per heavy atom. The third-order valence-corrected chi connectivity index (χ3v) is 3.71. The highest BCUT2D eigenvalue weighted by molar-refractivity contribution is 5.88. The van der Waals surface area contributed by atoms with Crippen LogP contribution in [0.4, 0.5) is 0 Å². The van der Waals surface area contributed by atoms with E-state index in [-0.39, 0.29) is 17.3 Å². The van der Waals surface area contributed by atoms with Gasteiger partial charge in [-0.3, -0.25) is 0 Å². The van der Waals surface area contributed by atoms with E-state index in [4.69, 9.17) is 9.52 Å². The minimum Gasteiger partial charge on any atom is -0.478 e. The summed E-state index contributed by atoms with van der Waals surface area (Å²) >= 11 is 0. The number of rotatable bonds is 3. The number of fused-ring (bicyclic) bond motifs is 1. The summed E-state index contributed by atoms with van der Waals surface area (Å²) < 4.78 is 7.33. The molecule has 0 atom stereocenters. The summed E-state index contributed by atoms with van der Waals surface area (Å²) in [6.45, 7) is 3.70. The van der Waals surface area contributed by atoms with Crippen LogP contribution in [0.25, 0.3) is 28.7 Å². The van der Waals surface area contributed by atoms with E-state index >= 15 is 0 Å². The zero-order valence-electron chi connectivity index (χ0n) is 13.3. The topological polar surface area (TPSA) is 119 Å². The molecule has 0 saturated heterocycles. The first-order chi connectivity index (χ1) is 12.0. The molecule has 1 aromatic carbocycles. The normalized spacial score (nSPS) is 11.1. The first-order valence-corrected chi connectivity index (χ1v) is 7.40. The van der Waals surface area contributed by atoms with Crippen LogP contribution in [-0.4, -0.2) is 41.1 Å². The Hall–Kier alpha value is -3.62. The van der Waals surface area contributed by atoms with Gasteiger partial charge in [-0.15, -0.1) is 20.4 Å². The molecule has 4 rings (SSSR count). The van der Waals surface area contributed by atoms with E-state index in [2.05, 4.69) is 25.5 Å². The fourth-order valence-electron chi connectivity index (χ4n) is 2.50. The van der Waals surface area contributed by atoms with E-state index in [0.717, 1.165) is 5.69 Å². The molecular formula is C16H12N6O3. The number of hydrogen-bond donors (Lipinski definition) is 1. The summed E-state index contributed by atoms with van der Waals surface area (Å²) in [5.41, 5.74) is 3.25. The fourth-order valence-corrected chi connectivity index (χ4v) is 2.50. The van der Waals surface area contributed by atoms with Crippen molar-refractivity contribution in [3.8, 4) is 23.0 Å². The van der Waals surface area contributed by atoms with Crippen LogP contribution in [-0.2, 0) is 0 Å². The van der Waals surface area contributed by atoms with Gasteiger partial charge in [0.25, 0.3) is 5.89 Å². The van der Waals surface area contributed by atoms with Gasteiger partial charge in [-0.05, 0) is 32.0 Å². The predicted octanol–water partition coefficient (Wildman–Crippen LogP) is 2.16. The molecule has 124 valence electrons. The molecule has 0 radical (unpaired) electrons. The molecule has 0 bridgehead atoms. The average molecular weight is 336 g/mol. The number of carboxylic acids is 1. The van der Waals surface area contributed by atoms with Gasteiger partial charge in [0.2, 0.25) is 5.89 Å². The highest BCUT2D eigenvalue weighted by Gasteiger charge is 2.18. The molecule has 0 aliphatic heterocycles. The Morgan fingerprint density at radius 1 is 1.08 bits per heavy atom. The Labute approximate surface area is 141 Å². The van der Waals surface area contributed by atoms with Crippen molar-refractivity contribution in [2.24, 2.45) is 0 Å². The van der Waals surface area contributed by atoms with Crippen LogP contribution < -0.4 is 0 Å². The minimum atomic E-state index is -1.03. The van der Waals surface area contributed by atoms with Crippen LogP contribution in [0.3, 0.4) is 0 Å². The van der Waals surface area contributed by atoms with Crippen LogP contribution >= 0.6 is 0 Å². The highest BCUT2D eigenvalue weighted by atomic mass is 16.4. The van der Waals surface area contributed by atoms with Gasteiger partial charge in [0.1, 0.15) is 0 Å². The molecule has 0 fully saturated rings. The summed E-state index contributed by atoms with van der Waals surface area (Å²) in [7, 11) is 0. The summed E-state index contributed by atoms with van der Waals surface area (Å²) in [5, 5.41) is 29.7. The van der Waals surface area contributed by atoms with Crippen LogP contribution in [0.15, 0.2) is 34.7 Å². The van der Waals surface area contributed by atoms with Crippen molar-refractivity contribution in [2.75, 3.05) is 0 Å². The van der Waals surface area contributed by atoms with Gasteiger partial charge in [0.05, 0.1) is 17.0 Å². The Bertz CT molecular complexity index is 1110. The lowest BCUT2D eigenvalue weighted by atomic mass is 10.1. The van der Waals surface area contributed by atoms with Crippen LogP contribution in [0.5, 0.6) is 0 Å². The van der Waals surface area contributed by atoms with E-state index < -0.39 is 5.97 Å². The molecule has 25 heavy (non-hydrogen) atoms. The second kappa shape index (κ2) is 5.48. The molecule has 0 unspecified atom stereocenters. The fraction of sp³-hybridized carbons (Fsp3) is 0.125. The number of aromatic nitrogens is 6. The van der Waals surface area contributed by atoms with Crippen LogP contribution in [0.1, 0.15) is 21.7 Å². The maximum atomic E-state index is 11.1. The second-order valence-electron chi connectivity index (χ2n) is 5.49. The molecule has 0 amide bonds. The van der Waals surface area contributed by atoms with Gasteiger partial charge in [-0.1, -0.05) is 6.07 Å². The van der Waals surface area contributed by atoms with E-state index in [1.807, 2.05) is 19.9 Å². The molecule has 9 nitrogen and oxygen atoms in total. The van der Waals surface area contributed by atoms with E-state index in [1.165, 1.54) is 12.1 Å². The van der Waals surface area contributed by atoms with Gasteiger partial charge < -0.3 is 9.52 Å². The Balaban J connectivity index is 1.78. The molecule has 9 heteroatoms. The Morgan fingerprint density at radius 3 is 2.68 bits per heavy atom. The number of hydrogen-bond acceptors (Lipinski definition) is 7. The lowest BCUT2D eigenvalue weighted by molar-refractivity contribution is 0.0697. The van der Waals surface area contributed by atoms with Crippen molar-refractivity contribution < 1.29 is 14.3 Å². The van der Waals surface area contributed by atoms with Crippen molar-refractivity contribution in [2.45, 2.75) is 13.8 Å². The molecule has 0 aliphatic rings. The molecule has 0 aliphatic carbocycles. The largest absolute Gasteiger partial charge is 0.478 e. The van der Waals surface area contributed by atoms with Crippen molar-refractivity contribution in [3.63, 3.8) is 0 Å². The van der Waals surface area contributed by atoms with Gasteiger partial charge in [-0.2, -0.15) is 5.10 Å². The van der Waals surface area contributed by atoms with E-state index in [9.17, 15) is 4.79 Å². The molecule has 3 aromatic heterocycles. The van der Waals surface area contributed by atoms with Gasteiger partial charge in [-0.25, -0.2) is 9.31 Å². The number of carboxylic acid groups (broad SMARTS) is 1. The first kappa shape index (κ1) is 14.9. The lowest BCUT2D eigenvalue weighted by Crippen LogP contribution is -2.02. The van der Waals surface area contributed by atoms with Gasteiger partial charge in [0.15, 0.2) is 11.3 Å². The molecule has 3 heterocycles. The molecule has 0 saturated carbocycles. The predicted molar refractivity (Wildman–Crippen MR) is 85.9 cm³/mol. The number of aromatic carboxylic acids is 1. The van der Waals surface area contributed by atoms with E-state index in [1.54, 1.807) is 16.6 Å². The lowest BCUT2D eigenvalue weighted by Gasteiger charge is -2.01. The highest BCUT2D eigenvalue weighted by Crippen LogP contribution is 2.25. The van der Waals surface area contributed by atoms with Crippen LogP contribution in [0.2, 0.25) is 0 Å². The van der Waals surface area contributed by atoms with Crippen LogP contribution in [0, 0.1) is 13.8 Å². The second-order valence-corrected chi connectivity index (χ2v) is 5.49. The molecule has 0 spiro atoms. The molecule has 4 aromatic rings. The Kier molecular flexibility index (Phi) is 3.27. The minimum absolute atomic E-state index is 0.140. The van der Waals surface area contributed by atoms with Crippen molar-refractivity contribution in [1.82, 2.24) is 30.0 Å². The SMILES string of the molecule is Cc1cc2nnc(-c3nnc(-c4cccc(C(=O)O)c4)o3)c(C)n2n1. The van der Waals surface area contributed by atoms with Gasteiger partial charge >= 0.3 is 5.97 Å². The number of carbonyl (C=O) groups is 1. The summed E-state index contributed by atoms with van der Waals surface area (Å²) in [6, 6.07) is 8.10. The maximum Gasteiger partial charge on any atom is 0.335 e. The monoisotopic (exact) mass is 336 g/mol. The third-order valence-electron chi connectivity index (χ3n) is 3.71. The molecule has 1 N–H and O–H groups in total. The smallest absolute Gasteiger partial charge is 0.335 e. The maximum absolute atomic E-state index is 11.1. The average Bonchev–Trinajstić information content (AvgIpc) is 3.22. The van der Waals surface area contributed by atoms with Crippen molar-refractivity contribution >= 4 is 11.6 Å². The third kappa shape index (κ3) is 2.51. The number of nitrogens with zero attached hydrogens (tertiary/aromatic N) is 6. The van der Waals surface area contributed by atoms with Gasteiger partial charge in [0, 0.05) is 11.6 Å². The zero-order chi connectivity index (χ0) is 17.6. The van der Waals surface area contributed by atoms with Crippen molar-refractivity contribution in [1.29, 1.82) is 0 Å². The number of benzene rings is 1. The zero-order valence-corrected chi connectivity index (χ0v) is 13.3. The summed E-state index contributed by atoms with van der Waals surface area (Å²) in [4.78, 5) is 11.1. The number of aryl methyl sites for hydroxylation is 2. The van der Waals surface area contributed by atoms with E-state index in [0.29, 0.717) is 22.6 Å². The van der Waals surface area contributed by atoms with Crippen molar-refractivity contribution in [3.05, 3.63) is 47.3 Å². The molecular weight excluding hydrogens is 324 g/mol. The first-order valence-electron chi connectivity index (χ1n) is 7.40.